The highest BCUT2D eigenvalue weighted by Gasteiger charge is 2.34. The van der Waals surface area contributed by atoms with E-state index in [1.165, 1.54) is 0 Å². The molecule has 1 heterocycles. The number of hydrogen-bond donors (Lipinski definition) is 1. The maximum absolute atomic E-state index is 12.6. The van der Waals surface area contributed by atoms with Gasteiger partial charge in [-0.2, -0.15) is 13.2 Å². The van der Waals surface area contributed by atoms with Gasteiger partial charge in [-0.3, -0.25) is 0 Å². The van der Waals surface area contributed by atoms with Gasteiger partial charge in [0, 0.05) is 12.2 Å². The van der Waals surface area contributed by atoms with Gasteiger partial charge in [-0.05, 0) is 30.7 Å². The van der Waals surface area contributed by atoms with Crippen molar-refractivity contribution in [2.75, 3.05) is 5.32 Å². The van der Waals surface area contributed by atoms with Crippen molar-refractivity contribution in [2.45, 2.75) is 45.3 Å². The third-order valence-electron chi connectivity index (χ3n) is 4.01. The molecule has 1 fully saturated rings. The lowest BCUT2D eigenvalue weighted by molar-refractivity contribution is -0.141. The van der Waals surface area contributed by atoms with E-state index in [2.05, 4.69) is 29.1 Å². The van der Waals surface area contributed by atoms with Crippen molar-refractivity contribution in [1.29, 1.82) is 0 Å². The van der Waals surface area contributed by atoms with E-state index in [1.807, 2.05) is 0 Å². The number of aromatic nitrogens is 2. The zero-order valence-electron chi connectivity index (χ0n) is 11.0. The molecule has 3 atom stereocenters. The molecular formula is C13H18F3N3. The van der Waals surface area contributed by atoms with Gasteiger partial charge in [0.1, 0.15) is 5.69 Å². The van der Waals surface area contributed by atoms with Gasteiger partial charge >= 0.3 is 6.18 Å². The summed E-state index contributed by atoms with van der Waals surface area (Å²) in [6.45, 7) is 4.27. The molecule has 1 aliphatic rings. The third kappa shape index (κ3) is 3.16. The molecule has 3 nitrogen and oxygen atoms in total. The van der Waals surface area contributed by atoms with E-state index in [0.717, 1.165) is 31.5 Å². The second-order valence-electron chi connectivity index (χ2n) is 5.12. The van der Waals surface area contributed by atoms with Crippen molar-refractivity contribution in [2.24, 2.45) is 11.8 Å². The zero-order valence-corrected chi connectivity index (χ0v) is 11.0. The Bertz CT molecular complexity index is 433. The SMILES string of the molecule is CCC1CCC(Nc2nccc(C(F)(F)F)n2)C1C. The predicted molar refractivity (Wildman–Crippen MR) is 66.6 cm³/mol. The molecule has 1 aromatic rings. The number of nitrogens with zero attached hydrogens (tertiary/aromatic N) is 2. The van der Waals surface area contributed by atoms with Crippen LogP contribution in [-0.4, -0.2) is 16.0 Å². The van der Waals surface area contributed by atoms with E-state index in [9.17, 15) is 13.2 Å². The normalized spacial score (nSPS) is 27.5. The smallest absolute Gasteiger partial charge is 0.351 e. The van der Waals surface area contributed by atoms with Gasteiger partial charge in [0.25, 0.3) is 0 Å². The van der Waals surface area contributed by atoms with Gasteiger partial charge in [-0.1, -0.05) is 20.3 Å². The molecule has 1 aromatic heterocycles. The second kappa shape index (κ2) is 5.35. The molecule has 6 heteroatoms. The van der Waals surface area contributed by atoms with E-state index < -0.39 is 11.9 Å². The molecule has 1 saturated carbocycles. The fourth-order valence-electron chi connectivity index (χ4n) is 2.78. The van der Waals surface area contributed by atoms with Crippen LogP contribution >= 0.6 is 0 Å². The maximum atomic E-state index is 12.6. The van der Waals surface area contributed by atoms with Crippen molar-refractivity contribution < 1.29 is 13.2 Å². The molecule has 3 unspecified atom stereocenters. The van der Waals surface area contributed by atoms with E-state index in [0.29, 0.717) is 11.8 Å². The van der Waals surface area contributed by atoms with Crippen LogP contribution in [-0.2, 0) is 6.18 Å². The lowest BCUT2D eigenvalue weighted by atomic mass is 9.94. The summed E-state index contributed by atoms with van der Waals surface area (Å²) in [6, 6.07) is 1.05. The van der Waals surface area contributed by atoms with Crippen LogP contribution in [0, 0.1) is 11.8 Å². The van der Waals surface area contributed by atoms with Gasteiger partial charge < -0.3 is 5.32 Å². The average Bonchev–Trinajstić information content (AvgIpc) is 2.70. The minimum Gasteiger partial charge on any atom is -0.351 e. The summed E-state index contributed by atoms with van der Waals surface area (Å²) in [5.74, 6) is 1.13. The molecule has 106 valence electrons. The van der Waals surface area contributed by atoms with Crippen LogP contribution < -0.4 is 5.32 Å². The molecule has 1 N–H and O–H groups in total. The molecule has 0 amide bonds. The van der Waals surface area contributed by atoms with Crippen molar-refractivity contribution in [3.63, 3.8) is 0 Å². The Kier molecular flexibility index (Phi) is 3.96. The zero-order chi connectivity index (χ0) is 14.0. The summed E-state index contributed by atoms with van der Waals surface area (Å²) in [6.07, 6.45) is -0.113. The van der Waals surface area contributed by atoms with Gasteiger partial charge in [0.15, 0.2) is 0 Å². The van der Waals surface area contributed by atoms with E-state index in [-0.39, 0.29) is 12.0 Å². The highest BCUT2D eigenvalue weighted by atomic mass is 19.4. The fraction of sp³-hybridized carbons (Fsp3) is 0.692. The van der Waals surface area contributed by atoms with Crippen LogP contribution in [0.15, 0.2) is 12.3 Å². The number of rotatable bonds is 3. The Balaban J connectivity index is 2.08. The highest BCUT2D eigenvalue weighted by Crippen LogP contribution is 2.35. The van der Waals surface area contributed by atoms with Crippen LogP contribution in [0.2, 0.25) is 0 Å². The first-order valence-corrected chi connectivity index (χ1v) is 6.58. The fourth-order valence-corrected chi connectivity index (χ4v) is 2.78. The first-order valence-electron chi connectivity index (χ1n) is 6.58. The van der Waals surface area contributed by atoms with Crippen LogP contribution in [0.25, 0.3) is 0 Å². The number of nitrogens with one attached hydrogen (secondary N) is 1. The van der Waals surface area contributed by atoms with Crippen molar-refractivity contribution in [1.82, 2.24) is 9.97 Å². The first-order chi connectivity index (χ1) is 8.91. The topological polar surface area (TPSA) is 37.8 Å². The summed E-state index contributed by atoms with van der Waals surface area (Å²) < 4.78 is 37.7. The Hall–Kier alpha value is -1.33. The second-order valence-corrected chi connectivity index (χ2v) is 5.12. The molecule has 0 aliphatic heterocycles. The van der Waals surface area contributed by atoms with Crippen molar-refractivity contribution >= 4 is 5.95 Å². The van der Waals surface area contributed by atoms with Crippen LogP contribution in [0.3, 0.4) is 0 Å². The van der Waals surface area contributed by atoms with E-state index >= 15 is 0 Å². The van der Waals surface area contributed by atoms with Crippen molar-refractivity contribution in [3.8, 4) is 0 Å². The maximum Gasteiger partial charge on any atom is 0.433 e. The van der Waals surface area contributed by atoms with Gasteiger partial charge in [-0.25, -0.2) is 9.97 Å². The summed E-state index contributed by atoms with van der Waals surface area (Å²) in [5, 5.41) is 3.05. The minimum atomic E-state index is -4.42. The lowest BCUT2D eigenvalue weighted by Crippen LogP contribution is -2.26. The van der Waals surface area contributed by atoms with E-state index in [4.69, 9.17) is 0 Å². The van der Waals surface area contributed by atoms with E-state index in [1.54, 1.807) is 0 Å². The minimum absolute atomic E-state index is 0.0726. The largest absolute Gasteiger partial charge is 0.433 e. The Morgan fingerprint density at radius 3 is 2.68 bits per heavy atom. The Labute approximate surface area is 110 Å². The van der Waals surface area contributed by atoms with Gasteiger partial charge in [0.2, 0.25) is 5.95 Å². The number of anilines is 1. The standard InChI is InChI=1S/C13H18F3N3/c1-3-9-4-5-10(8(9)2)18-12-17-7-6-11(19-12)13(14,15)16/h6-10H,3-5H2,1-2H3,(H,17,18,19). The summed E-state index contributed by atoms with van der Waals surface area (Å²) in [4.78, 5) is 7.43. The third-order valence-corrected chi connectivity index (χ3v) is 4.01. The number of alkyl halides is 3. The summed E-state index contributed by atoms with van der Waals surface area (Å²) >= 11 is 0. The molecular weight excluding hydrogens is 255 g/mol. The molecule has 0 bridgehead atoms. The summed E-state index contributed by atoms with van der Waals surface area (Å²) in [5.41, 5.74) is -0.900. The van der Waals surface area contributed by atoms with Crippen LogP contribution in [0.5, 0.6) is 0 Å². The quantitative estimate of drug-likeness (QED) is 0.911. The molecule has 0 radical (unpaired) electrons. The average molecular weight is 273 g/mol. The molecule has 2 rings (SSSR count). The molecule has 0 saturated heterocycles. The highest BCUT2D eigenvalue weighted by molar-refractivity contribution is 5.28. The molecule has 1 aliphatic carbocycles. The molecule has 0 spiro atoms. The summed E-state index contributed by atoms with van der Waals surface area (Å²) in [7, 11) is 0. The van der Waals surface area contributed by atoms with Crippen LogP contribution in [0.1, 0.15) is 38.8 Å². The Morgan fingerprint density at radius 1 is 1.37 bits per heavy atom. The monoisotopic (exact) mass is 273 g/mol. The molecule has 19 heavy (non-hydrogen) atoms. The van der Waals surface area contributed by atoms with Gasteiger partial charge in [0.05, 0.1) is 0 Å². The predicted octanol–water partition coefficient (Wildman–Crippen LogP) is 3.73. The van der Waals surface area contributed by atoms with Gasteiger partial charge in [-0.15, -0.1) is 0 Å². The first kappa shape index (κ1) is 14.1. The molecule has 0 aromatic carbocycles. The Morgan fingerprint density at radius 2 is 2.11 bits per heavy atom. The number of hydrogen-bond acceptors (Lipinski definition) is 3. The number of halogens is 3. The van der Waals surface area contributed by atoms with Crippen LogP contribution in [0.4, 0.5) is 19.1 Å². The van der Waals surface area contributed by atoms with Crippen molar-refractivity contribution in [3.05, 3.63) is 18.0 Å². The lowest BCUT2D eigenvalue weighted by Gasteiger charge is -2.21.